The Kier molecular flexibility index (Phi) is 3.09. The molecule has 3 nitrogen and oxygen atoms in total. The highest BCUT2D eigenvalue weighted by Gasteiger charge is 2.16. The van der Waals surface area contributed by atoms with Crippen LogP contribution in [0.1, 0.15) is 27.2 Å². The second-order valence-electron chi connectivity index (χ2n) is 4.14. The molecule has 0 N–H and O–H groups in total. The van der Waals surface area contributed by atoms with Gasteiger partial charge in [-0.15, -0.1) is 0 Å². The summed E-state index contributed by atoms with van der Waals surface area (Å²) in [7, 11) is 0. The lowest BCUT2D eigenvalue weighted by Gasteiger charge is -2.18. The minimum absolute atomic E-state index is 0.270. The molecule has 0 radical (unpaired) electrons. The van der Waals surface area contributed by atoms with Crippen molar-refractivity contribution in [3.63, 3.8) is 0 Å². The van der Waals surface area contributed by atoms with Crippen LogP contribution >= 0.6 is 0 Å². The molecule has 1 fully saturated rings. The number of hydrogen-bond acceptors (Lipinski definition) is 3. The molecule has 0 aromatic heterocycles. The Morgan fingerprint density at radius 1 is 1.54 bits per heavy atom. The van der Waals surface area contributed by atoms with Crippen LogP contribution in [-0.2, 0) is 14.3 Å². The number of esters is 1. The fourth-order valence-corrected chi connectivity index (χ4v) is 1.09. The van der Waals surface area contributed by atoms with E-state index < -0.39 is 5.60 Å². The summed E-state index contributed by atoms with van der Waals surface area (Å²) in [6, 6.07) is 0. The molecule has 74 valence electrons. The van der Waals surface area contributed by atoms with Gasteiger partial charge in [0, 0.05) is 6.08 Å². The second-order valence-corrected chi connectivity index (χ2v) is 4.14. The Morgan fingerprint density at radius 2 is 2.23 bits per heavy atom. The van der Waals surface area contributed by atoms with Gasteiger partial charge in [0.2, 0.25) is 0 Å². The van der Waals surface area contributed by atoms with Gasteiger partial charge in [-0.1, -0.05) is 0 Å². The third-order valence-corrected chi connectivity index (χ3v) is 1.58. The van der Waals surface area contributed by atoms with E-state index in [4.69, 9.17) is 9.47 Å². The maximum Gasteiger partial charge on any atom is 0.331 e. The maximum absolute atomic E-state index is 11.3. The van der Waals surface area contributed by atoms with E-state index in [0.717, 1.165) is 12.0 Å². The monoisotopic (exact) mass is 184 g/mol. The van der Waals surface area contributed by atoms with Gasteiger partial charge in [-0.3, -0.25) is 0 Å². The molecule has 0 unspecified atom stereocenters. The number of carbonyl (C=O) groups excluding carboxylic acids is 1. The van der Waals surface area contributed by atoms with Crippen LogP contribution in [0.2, 0.25) is 0 Å². The zero-order chi connectivity index (χ0) is 9.90. The van der Waals surface area contributed by atoms with Gasteiger partial charge in [-0.2, -0.15) is 0 Å². The molecule has 1 rings (SSSR count). The summed E-state index contributed by atoms with van der Waals surface area (Å²) < 4.78 is 10.2. The molecule has 0 aromatic rings. The van der Waals surface area contributed by atoms with E-state index >= 15 is 0 Å². The van der Waals surface area contributed by atoms with Gasteiger partial charge in [-0.25, -0.2) is 4.79 Å². The summed E-state index contributed by atoms with van der Waals surface area (Å²) in [5.41, 5.74) is 0.613. The van der Waals surface area contributed by atoms with Crippen LogP contribution in [-0.4, -0.2) is 24.8 Å². The first-order chi connectivity index (χ1) is 5.97. The maximum atomic E-state index is 11.3. The van der Waals surface area contributed by atoms with Crippen LogP contribution in [0.25, 0.3) is 0 Å². The van der Waals surface area contributed by atoms with Crippen molar-refractivity contribution in [2.24, 2.45) is 0 Å². The summed E-state index contributed by atoms with van der Waals surface area (Å²) in [5, 5.41) is 0. The molecular formula is C10H16O3. The zero-order valence-corrected chi connectivity index (χ0v) is 8.42. The summed E-state index contributed by atoms with van der Waals surface area (Å²) in [6.07, 6.45) is 2.39. The van der Waals surface area contributed by atoms with Crippen LogP contribution in [0, 0.1) is 0 Å². The molecule has 0 atom stereocenters. The molecule has 1 heterocycles. The SMILES string of the molecule is CC(C)(C)OC(=O)C=C1CCOC1. The standard InChI is InChI=1S/C10H16O3/c1-10(2,3)13-9(11)6-8-4-5-12-7-8/h6H,4-5,7H2,1-3H3. The molecule has 3 heteroatoms. The van der Waals surface area contributed by atoms with E-state index in [0.29, 0.717) is 13.2 Å². The highest BCUT2D eigenvalue weighted by molar-refractivity contribution is 5.83. The summed E-state index contributed by atoms with van der Waals surface area (Å²) in [6.45, 7) is 6.85. The molecule has 0 amide bonds. The predicted octanol–water partition coefficient (Wildman–Crippen LogP) is 1.67. The fraction of sp³-hybridized carbons (Fsp3) is 0.700. The summed E-state index contributed by atoms with van der Waals surface area (Å²) >= 11 is 0. The molecular weight excluding hydrogens is 168 g/mol. The van der Waals surface area contributed by atoms with E-state index in [-0.39, 0.29) is 5.97 Å². The Labute approximate surface area is 78.7 Å². The lowest BCUT2D eigenvalue weighted by Crippen LogP contribution is -2.22. The largest absolute Gasteiger partial charge is 0.457 e. The Morgan fingerprint density at radius 3 is 2.69 bits per heavy atom. The number of carbonyl (C=O) groups is 1. The molecule has 1 aliphatic rings. The first-order valence-electron chi connectivity index (χ1n) is 4.47. The van der Waals surface area contributed by atoms with Gasteiger partial charge in [0.05, 0.1) is 13.2 Å². The number of hydrogen-bond donors (Lipinski definition) is 0. The molecule has 0 aromatic carbocycles. The van der Waals surface area contributed by atoms with E-state index in [2.05, 4.69) is 0 Å². The van der Waals surface area contributed by atoms with Crippen molar-refractivity contribution in [1.82, 2.24) is 0 Å². The third kappa shape index (κ3) is 4.08. The van der Waals surface area contributed by atoms with E-state index in [1.807, 2.05) is 20.8 Å². The van der Waals surface area contributed by atoms with Gasteiger partial charge in [0.15, 0.2) is 0 Å². The minimum Gasteiger partial charge on any atom is -0.457 e. The number of ether oxygens (including phenoxy) is 2. The van der Waals surface area contributed by atoms with Crippen molar-refractivity contribution in [2.45, 2.75) is 32.8 Å². The van der Waals surface area contributed by atoms with Crippen LogP contribution < -0.4 is 0 Å². The van der Waals surface area contributed by atoms with Crippen molar-refractivity contribution < 1.29 is 14.3 Å². The van der Waals surface area contributed by atoms with Crippen LogP contribution in [0.4, 0.5) is 0 Å². The van der Waals surface area contributed by atoms with E-state index in [9.17, 15) is 4.79 Å². The normalized spacial score (nSPS) is 20.7. The second kappa shape index (κ2) is 3.92. The van der Waals surface area contributed by atoms with Crippen LogP contribution in [0.3, 0.4) is 0 Å². The van der Waals surface area contributed by atoms with Crippen LogP contribution in [0.15, 0.2) is 11.6 Å². The lowest BCUT2D eigenvalue weighted by atomic mass is 10.2. The van der Waals surface area contributed by atoms with E-state index in [1.54, 1.807) is 0 Å². The zero-order valence-electron chi connectivity index (χ0n) is 8.42. The van der Waals surface area contributed by atoms with E-state index in [1.165, 1.54) is 6.08 Å². The third-order valence-electron chi connectivity index (χ3n) is 1.58. The highest BCUT2D eigenvalue weighted by atomic mass is 16.6. The smallest absolute Gasteiger partial charge is 0.331 e. The van der Waals surface area contributed by atoms with Crippen molar-refractivity contribution >= 4 is 5.97 Å². The van der Waals surface area contributed by atoms with Gasteiger partial charge in [0.1, 0.15) is 5.60 Å². The molecule has 0 spiro atoms. The fourth-order valence-electron chi connectivity index (χ4n) is 1.09. The highest BCUT2D eigenvalue weighted by Crippen LogP contribution is 2.13. The van der Waals surface area contributed by atoms with Gasteiger partial charge in [0.25, 0.3) is 0 Å². The van der Waals surface area contributed by atoms with Crippen molar-refractivity contribution in [3.8, 4) is 0 Å². The predicted molar refractivity (Wildman–Crippen MR) is 49.4 cm³/mol. The lowest BCUT2D eigenvalue weighted by molar-refractivity contribution is -0.148. The molecule has 13 heavy (non-hydrogen) atoms. The Balaban J connectivity index is 2.45. The quantitative estimate of drug-likeness (QED) is 0.459. The Hall–Kier alpha value is -0.830. The molecule has 0 saturated carbocycles. The molecule has 0 aliphatic carbocycles. The minimum atomic E-state index is -0.409. The molecule has 1 saturated heterocycles. The first-order valence-corrected chi connectivity index (χ1v) is 4.47. The van der Waals surface area contributed by atoms with Gasteiger partial charge < -0.3 is 9.47 Å². The molecule has 1 aliphatic heterocycles. The average Bonchev–Trinajstić information content (AvgIpc) is 2.34. The van der Waals surface area contributed by atoms with Crippen molar-refractivity contribution in [3.05, 3.63) is 11.6 Å². The summed E-state index contributed by atoms with van der Waals surface area (Å²) in [5.74, 6) is -0.270. The van der Waals surface area contributed by atoms with Crippen LogP contribution in [0.5, 0.6) is 0 Å². The van der Waals surface area contributed by atoms with Gasteiger partial charge in [-0.05, 0) is 32.8 Å². The average molecular weight is 184 g/mol. The van der Waals surface area contributed by atoms with Crippen molar-refractivity contribution in [2.75, 3.05) is 13.2 Å². The first kappa shape index (κ1) is 10.3. The summed E-state index contributed by atoms with van der Waals surface area (Å²) in [4.78, 5) is 11.3. The van der Waals surface area contributed by atoms with Gasteiger partial charge >= 0.3 is 5.97 Å². The topological polar surface area (TPSA) is 35.5 Å². The molecule has 0 bridgehead atoms. The van der Waals surface area contributed by atoms with Crippen molar-refractivity contribution in [1.29, 1.82) is 0 Å². The number of rotatable bonds is 1. The Bertz CT molecular complexity index is 215.